The van der Waals surface area contributed by atoms with Crippen LogP contribution in [0.5, 0.6) is 0 Å². The summed E-state index contributed by atoms with van der Waals surface area (Å²) in [5, 5.41) is 0. The van der Waals surface area contributed by atoms with Gasteiger partial charge >= 0.3 is 6.16 Å². The molecule has 0 radical (unpaired) electrons. The van der Waals surface area contributed by atoms with E-state index in [2.05, 4.69) is 27.7 Å². The third-order valence-corrected chi connectivity index (χ3v) is 4.24. The molecule has 144 valence electrons. The highest BCUT2D eigenvalue weighted by atomic mass is 16.7. The highest BCUT2D eigenvalue weighted by molar-refractivity contribution is 5.59. The summed E-state index contributed by atoms with van der Waals surface area (Å²) in [6, 6.07) is 0. The molecule has 0 amide bonds. The minimum absolute atomic E-state index is 0.238. The fraction of sp³-hybridized carbons (Fsp3) is 0.947. The van der Waals surface area contributed by atoms with Crippen molar-refractivity contribution >= 4 is 6.16 Å². The summed E-state index contributed by atoms with van der Waals surface area (Å²) in [4.78, 5) is 11.7. The zero-order valence-electron chi connectivity index (χ0n) is 16.6. The van der Waals surface area contributed by atoms with E-state index in [-0.39, 0.29) is 11.2 Å². The SMILES string of the molecule is CCCC(C)(CCOC(=O)OCCC(C)(CCC)OCC)OCC. The third-order valence-electron chi connectivity index (χ3n) is 4.24. The molecule has 0 saturated heterocycles. The van der Waals surface area contributed by atoms with Gasteiger partial charge in [0.15, 0.2) is 0 Å². The molecule has 2 unspecified atom stereocenters. The maximum absolute atomic E-state index is 11.7. The van der Waals surface area contributed by atoms with Gasteiger partial charge in [0.05, 0.1) is 24.4 Å². The first-order valence-corrected chi connectivity index (χ1v) is 9.42. The lowest BCUT2D eigenvalue weighted by atomic mass is 9.96. The van der Waals surface area contributed by atoms with Gasteiger partial charge < -0.3 is 18.9 Å². The Morgan fingerprint density at radius 3 is 1.38 bits per heavy atom. The number of hydrogen-bond acceptors (Lipinski definition) is 5. The van der Waals surface area contributed by atoms with E-state index >= 15 is 0 Å². The Bertz CT molecular complexity index is 288. The zero-order chi connectivity index (χ0) is 18.5. The van der Waals surface area contributed by atoms with E-state index in [4.69, 9.17) is 18.9 Å². The van der Waals surface area contributed by atoms with Gasteiger partial charge in [-0.05, 0) is 40.5 Å². The number of carbonyl (C=O) groups excluding carboxylic acids is 1. The summed E-state index contributed by atoms with van der Waals surface area (Å²) < 4.78 is 21.9. The molecule has 5 nitrogen and oxygen atoms in total. The molecule has 0 fully saturated rings. The lowest BCUT2D eigenvalue weighted by molar-refractivity contribution is -0.0595. The average Bonchev–Trinajstić information content (AvgIpc) is 2.48. The van der Waals surface area contributed by atoms with Gasteiger partial charge in [-0.2, -0.15) is 0 Å². The molecule has 0 bridgehead atoms. The van der Waals surface area contributed by atoms with Crippen LogP contribution >= 0.6 is 0 Å². The van der Waals surface area contributed by atoms with Crippen LogP contribution in [-0.4, -0.2) is 43.8 Å². The molecule has 0 aliphatic rings. The van der Waals surface area contributed by atoms with Crippen molar-refractivity contribution in [2.75, 3.05) is 26.4 Å². The molecule has 0 N–H and O–H groups in total. The van der Waals surface area contributed by atoms with E-state index in [9.17, 15) is 4.79 Å². The maximum Gasteiger partial charge on any atom is 0.508 e. The molecule has 24 heavy (non-hydrogen) atoms. The van der Waals surface area contributed by atoms with E-state index in [1.165, 1.54) is 0 Å². The molecule has 0 aliphatic heterocycles. The maximum atomic E-state index is 11.7. The van der Waals surface area contributed by atoms with Crippen molar-refractivity contribution in [2.24, 2.45) is 0 Å². The van der Waals surface area contributed by atoms with Crippen LogP contribution < -0.4 is 0 Å². The minimum Gasteiger partial charge on any atom is -0.434 e. The fourth-order valence-electron chi connectivity index (χ4n) is 3.04. The molecule has 0 aromatic heterocycles. The number of ether oxygens (including phenoxy) is 4. The quantitative estimate of drug-likeness (QED) is 0.409. The number of rotatable bonds is 14. The largest absolute Gasteiger partial charge is 0.508 e. The highest BCUT2D eigenvalue weighted by Gasteiger charge is 2.25. The van der Waals surface area contributed by atoms with Gasteiger partial charge in [0.2, 0.25) is 0 Å². The molecule has 0 aliphatic carbocycles. The van der Waals surface area contributed by atoms with Crippen molar-refractivity contribution in [3.05, 3.63) is 0 Å². The van der Waals surface area contributed by atoms with Gasteiger partial charge in [-0.25, -0.2) is 4.79 Å². The van der Waals surface area contributed by atoms with Crippen LogP contribution in [0, 0.1) is 0 Å². The molecular formula is C19H38O5. The topological polar surface area (TPSA) is 54.0 Å². The van der Waals surface area contributed by atoms with Gasteiger partial charge in [-0.15, -0.1) is 0 Å². The number of carbonyl (C=O) groups is 1. The first kappa shape index (κ1) is 23.2. The summed E-state index contributed by atoms with van der Waals surface area (Å²) in [5.74, 6) is 0. The van der Waals surface area contributed by atoms with E-state index in [1.54, 1.807) is 0 Å². The Morgan fingerprint density at radius 1 is 0.708 bits per heavy atom. The Hall–Kier alpha value is -0.810. The lowest BCUT2D eigenvalue weighted by Crippen LogP contribution is -2.32. The van der Waals surface area contributed by atoms with Crippen LogP contribution in [0.25, 0.3) is 0 Å². The molecule has 0 rings (SSSR count). The van der Waals surface area contributed by atoms with Crippen LogP contribution in [0.3, 0.4) is 0 Å². The van der Waals surface area contributed by atoms with E-state index < -0.39 is 6.16 Å². The molecule has 0 spiro atoms. The molecule has 0 heterocycles. The molecule has 2 atom stereocenters. The van der Waals surface area contributed by atoms with Crippen LogP contribution in [0.2, 0.25) is 0 Å². The Kier molecular flexibility index (Phi) is 12.1. The van der Waals surface area contributed by atoms with Gasteiger partial charge in [-0.3, -0.25) is 0 Å². The van der Waals surface area contributed by atoms with Gasteiger partial charge in [0.25, 0.3) is 0 Å². The van der Waals surface area contributed by atoms with Crippen LogP contribution in [0.4, 0.5) is 4.79 Å². The van der Waals surface area contributed by atoms with E-state index in [1.807, 2.05) is 13.8 Å². The van der Waals surface area contributed by atoms with Crippen molar-refractivity contribution in [1.82, 2.24) is 0 Å². The van der Waals surface area contributed by atoms with Crippen molar-refractivity contribution in [1.29, 1.82) is 0 Å². The summed E-state index contributed by atoms with van der Waals surface area (Å²) >= 11 is 0. The van der Waals surface area contributed by atoms with Crippen molar-refractivity contribution in [2.45, 2.75) is 91.3 Å². The summed E-state index contributed by atoms with van der Waals surface area (Å²) in [5.41, 5.74) is -0.475. The predicted molar refractivity (Wildman–Crippen MR) is 96.4 cm³/mol. The van der Waals surface area contributed by atoms with Crippen LogP contribution in [0.15, 0.2) is 0 Å². The molecule has 5 heteroatoms. The molecule has 0 aromatic rings. The Labute approximate surface area is 148 Å². The normalized spacial score (nSPS) is 16.2. The monoisotopic (exact) mass is 346 g/mol. The van der Waals surface area contributed by atoms with Gasteiger partial charge in [-0.1, -0.05) is 26.7 Å². The molecule has 0 saturated carbocycles. The van der Waals surface area contributed by atoms with Crippen molar-refractivity contribution < 1.29 is 23.7 Å². The fourth-order valence-corrected chi connectivity index (χ4v) is 3.04. The Morgan fingerprint density at radius 2 is 1.08 bits per heavy atom. The molecule has 0 aromatic carbocycles. The first-order valence-electron chi connectivity index (χ1n) is 9.42. The second-order valence-electron chi connectivity index (χ2n) is 6.71. The van der Waals surface area contributed by atoms with Gasteiger partial charge in [0.1, 0.15) is 0 Å². The summed E-state index contributed by atoms with van der Waals surface area (Å²) in [6.07, 6.45) is 4.71. The first-order chi connectivity index (χ1) is 11.3. The van der Waals surface area contributed by atoms with Crippen molar-refractivity contribution in [3.63, 3.8) is 0 Å². The predicted octanol–water partition coefficient (Wildman–Crippen LogP) is 5.11. The van der Waals surface area contributed by atoms with Gasteiger partial charge in [0, 0.05) is 26.1 Å². The average molecular weight is 347 g/mol. The van der Waals surface area contributed by atoms with Crippen LogP contribution in [-0.2, 0) is 18.9 Å². The van der Waals surface area contributed by atoms with E-state index in [0.717, 1.165) is 25.7 Å². The van der Waals surface area contributed by atoms with Crippen LogP contribution in [0.1, 0.15) is 80.1 Å². The lowest BCUT2D eigenvalue weighted by Gasteiger charge is -2.29. The van der Waals surface area contributed by atoms with E-state index in [0.29, 0.717) is 39.3 Å². The Balaban J connectivity index is 4.09. The second-order valence-corrected chi connectivity index (χ2v) is 6.71. The summed E-state index contributed by atoms with van der Waals surface area (Å²) in [6.45, 7) is 14.3. The van der Waals surface area contributed by atoms with Crippen molar-refractivity contribution in [3.8, 4) is 0 Å². The second kappa shape index (κ2) is 12.5. The highest BCUT2D eigenvalue weighted by Crippen LogP contribution is 2.23. The smallest absolute Gasteiger partial charge is 0.434 e. The summed E-state index contributed by atoms with van der Waals surface area (Å²) in [7, 11) is 0. The molecular weight excluding hydrogens is 308 g/mol. The third kappa shape index (κ3) is 10.1. The zero-order valence-corrected chi connectivity index (χ0v) is 16.6. The standard InChI is InChI=1S/C19H38O5/c1-7-11-18(5,23-9-3)13-15-21-17(20)22-16-14-19(6,12-8-2)24-10-4/h7-16H2,1-6H3. The minimum atomic E-state index is -0.610. The number of hydrogen-bond donors (Lipinski definition) is 0.